The maximum Gasteiger partial charge on any atom is 0.265 e. The van der Waals surface area contributed by atoms with E-state index in [2.05, 4.69) is 10.2 Å². The number of ether oxygens (including phenoxy) is 1. The molecule has 0 saturated carbocycles. The lowest BCUT2D eigenvalue weighted by molar-refractivity contribution is -0.121. The van der Waals surface area contributed by atoms with Gasteiger partial charge >= 0.3 is 0 Å². The van der Waals surface area contributed by atoms with Gasteiger partial charge in [-0.1, -0.05) is 12.1 Å². The van der Waals surface area contributed by atoms with E-state index in [1.165, 1.54) is 0 Å². The largest absolute Gasteiger partial charge is 0.482 e. The molecule has 1 saturated heterocycles. The van der Waals surface area contributed by atoms with E-state index in [-0.39, 0.29) is 24.3 Å². The Hall–Kier alpha value is -2.77. The molecular formula is C21H31N5O3. The van der Waals surface area contributed by atoms with Gasteiger partial charge in [0.25, 0.3) is 5.91 Å². The van der Waals surface area contributed by atoms with E-state index in [1.54, 1.807) is 4.90 Å². The van der Waals surface area contributed by atoms with Crippen molar-refractivity contribution < 1.29 is 14.3 Å². The number of fused-ring (bicyclic) bond motifs is 1. The molecule has 29 heavy (non-hydrogen) atoms. The van der Waals surface area contributed by atoms with Crippen molar-refractivity contribution in [3.05, 3.63) is 24.3 Å². The van der Waals surface area contributed by atoms with Crippen molar-refractivity contribution in [2.75, 3.05) is 44.2 Å². The third-order valence-corrected chi connectivity index (χ3v) is 5.25. The fourth-order valence-electron chi connectivity index (χ4n) is 3.95. The van der Waals surface area contributed by atoms with E-state index in [0.29, 0.717) is 19.5 Å². The van der Waals surface area contributed by atoms with Crippen LogP contribution in [-0.4, -0.2) is 62.0 Å². The van der Waals surface area contributed by atoms with Gasteiger partial charge in [0.2, 0.25) is 5.91 Å². The molecule has 0 spiro atoms. The number of aliphatic imine (C=N–C) groups is 1. The Kier molecular flexibility index (Phi) is 7.32. The number of likely N-dealkylation sites (tertiary alicyclic amines) is 1. The van der Waals surface area contributed by atoms with Gasteiger partial charge in [0.05, 0.1) is 5.69 Å². The lowest BCUT2D eigenvalue weighted by atomic mass is 9.95. The van der Waals surface area contributed by atoms with Gasteiger partial charge in [-0.2, -0.15) is 0 Å². The molecule has 158 valence electrons. The predicted molar refractivity (Wildman–Crippen MR) is 113 cm³/mol. The van der Waals surface area contributed by atoms with Crippen LogP contribution in [0.3, 0.4) is 0 Å². The first kappa shape index (κ1) is 21.0. The Labute approximate surface area is 172 Å². The summed E-state index contributed by atoms with van der Waals surface area (Å²) >= 11 is 0. The number of nitrogens with zero attached hydrogens (tertiary/aromatic N) is 3. The highest BCUT2D eigenvalue weighted by molar-refractivity contribution is 5.97. The average Bonchev–Trinajstić information content (AvgIpc) is 2.71. The molecule has 2 aliphatic heterocycles. The Morgan fingerprint density at radius 1 is 1.38 bits per heavy atom. The molecule has 2 heterocycles. The van der Waals surface area contributed by atoms with Crippen LogP contribution >= 0.6 is 0 Å². The Bertz CT molecular complexity index is 752. The number of anilines is 1. The number of piperidine rings is 1. The highest BCUT2D eigenvalue weighted by Crippen LogP contribution is 2.31. The molecule has 8 nitrogen and oxygen atoms in total. The monoisotopic (exact) mass is 401 g/mol. The molecular weight excluding hydrogens is 370 g/mol. The number of carbonyl (C=O) groups excluding carboxylic acids is 2. The zero-order chi connectivity index (χ0) is 20.6. The number of nitrogens with one attached hydrogen (secondary N) is 1. The van der Waals surface area contributed by atoms with Crippen molar-refractivity contribution in [2.45, 2.75) is 32.6 Å². The van der Waals surface area contributed by atoms with Gasteiger partial charge in [-0.25, -0.2) is 0 Å². The Morgan fingerprint density at radius 3 is 3.00 bits per heavy atom. The molecule has 0 aliphatic carbocycles. The lowest BCUT2D eigenvalue weighted by Gasteiger charge is -2.34. The number of hydrogen-bond acceptors (Lipinski definition) is 4. The summed E-state index contributed by atoms with van der Waals surface area (Å²) in [6.45, 7) is 5.85. The third kappa shape index (κ3) is 5.62. The van der Waals surface area contributed by atoms with Crippen LogP contribution in [0.1, 0.15) is 32.6 Å². The second-order valence-electron chi connectivity index (χ2n) is 7.52. The lowest BCUT2D eigenvalue weighted by Crippen LogP contribution is -2.47. The number of hydrogen-bond donors (Lipinski definition) is 2. The minimum atomic E-state index is -0.241. The van der Waals surface area contributed by atoms with E-state index in [9.17, 15) is 9.59 Å². The molecule has 1 fully saturated rings. The standard InChI is InChI=1S/C21H31N5O3/c1-2-23-21(25-11-5-7-16(14-25)13-19(22)27)24-10-6-12-26-17-8-3-4-9-18(17)29-15-20(26)28/h3-4,8-9,16H,2,5-7,10-15H2,1H3,(H2,22,27)(H,23,24). The molecule has 1 aromatic carbocycles. The van der Waals surface area contributed by atoms with Gasteiger partial charge in [0.1, 0.15) is 5.75 Å². The quantitative estimate of drug-likeness (QED) is 0.408. The molecule has 2 amide bonds. The van der Waals surface area contributed by atoms with Crippen LogP contribution < -0.4 is 20.7 Å². The fraction of sp³-hybridized carbons (Fsp3) is 0.571. The highest BCUT2D eigenvalue weighted by Gasteiger charge is 2.25. The Balaban J connectivity index is 1.57. The van der Waals surface area contributed by atoms with Crippen LogP contribution in [0, 0.1) is 5.92 Å². The predicted octanol–water partition coefficient (Wildman–Crippen LogP) is 1.36. The molecule has 3 N–H and O–H groups in total. The van der Waals surface area contributed by atoms with E-state index >= 15 is 0 Å². The summed E-state index contributed by atoms with van der Waals surface area (Å²) in [6, 6.07) is 7.61. The molecule has 0 bridgehead atoms. The van der Waals surface area contributed by atoms with Crippen molar-refractivity contribution in [1.82, 2.24) is 10.2 Å². The first-order valence-electron chi connectivity index (χ1n) is 10.4. The number of amides is 2. The summed E-state index contributed by atoms with van der Waals surface area (Å²) in [5.41, 5.74) is 6.20. The number of primary amides is 1. The summed E-state index contributed by atoms with van der Waals surface area (Å²) in [6.07, 6.45) is 3.24. The molecule has 3 rings (SSSR count). The number of nitrogens with two attached hydrogens (primary N) is 1. The number of benzene rings is 1. The van der Waals surface area contributed by atoms with Crippen molar-refractivity contribution in [2.24, 2.45) is 16.6 Å². The smallest absolute Gasteiger partial charge is 0.265 e. The van der Waals surface area contributed by atoms with Crippen LogP contribution in [0.25, 0.3) is 0 Å². The van der Waals surface area contributed by atoms with Crippen molar-refractivity contribution in [3.8, 4) is 5.75 Å². The SMILES string of the molecule is CCNC(=NCCCN1C(=O)COc2ccccc21)N1CCCC(CC(N)=O)C1. The van der Waals surface area contributed by atoms with E-state index in [1.807, 2.05) is 31.2 Å². The Morgan fingerprint density at radius 2 is 2.21 bits per heavy atom. The van der Waals surface area contributed by atoms with E-state index < -0.39 is 0 Å². The first-order chi connectivity index (χ1) is 14.1. The number of guanidine groups is 1. The summed E-state index contributed by atoms with van der Waals surface area (Å²) < 4.78 is 5.49. The zero-order valence-corrected chi connectivity index (χ0v) is 17.1. The van der Waals surface area contributed by atoms with Crippen LogP contribution in [0.5, 0.6) is 5.75 Å². The number of carbonyl (C=O) groups is 2. The normalized spacial score (nSPS) is 19.6. The molecule has 0 aromatic heterocycles. The average molecular weight is 402 g/mol. The van der Waals surface area contributed by atoms with Crippen molar-refractivity contribution >= 4 is 23.5 Å². The number of para-hydroxylation sites is 2. The van der Waals surface area contributed by atoms with Crippen LogP contribution in [-0.2, 0) is 9.59 Å². The van der Waals surface area contributed by atoms with Gasteiger partial charge in [-0.15, -0.1) is 0 Å². The minimum absolute atomic E-state index is 0.0232. The van der Waals surface area contributed by atoms with Crippen LogP contribution in [0.2, 0.25) is 0 Å². The molecule has 2 aliphatic rings. The van der Waals surface area contributed by atoms with Gasteiger partial charge in [0, 0.05) is 39.1 Å². The maximum atomic E-state index is 12.3. The molecule has 0 radical (unpaired) electrons. The van der Waals surface area contributed by atoms with E-state index in [0.717, 1.165) is 56.3 Å². The van der Waals surface area contributed by atoms with Crippen LogP contribution in [0.4, 0.5) is 5.69 Å². The summed E-state index contributed by atoms with van der Waals surface area (Å²) in [4.78, 5) is 32.3. The fourth-order valence-corrected chi connectivity index (χ4v) is 3.95. The van der Waals surface area contributed by atoms with Crippen molar-refractivity contribution in [1.29, 1.82) is 0 Å². The molecule has 8 heteroatoms. The second-order valence-corrected chi connectivity index (χ2v) is 7.52. The van der Waals surface area contributed by atoms with Gasteiger partial charge < -0.3 is 25.6 Å². The summed E-state index contributed by atoms with van der Waals surface area (Å²) in [5, 5.41) is 3.35. The topological polar surface area (TPSA) is 100 Å². The molecule has 1 atom stereocenters. The second kappa shape index (κ2) is 10.1. The maximum absolute atomic E-state index is 12.3. The molecule has 1 unspecified atom stereocenters. The summed E-state index contributed by atoms with van der Waals surface area (Å²) in [5.74, 6) is 1.64. The van der Waals surface area contributed by atoms with E-state index in [4.69, 9.17) is 15.5 Å². The third-order valence-electron chi connectivity index (χ3n) is 5.25. The molecule has 1 aromatic rings. The van der Waals surface area contributed by atoms with Crippen LogP contribution in [0.15, 0.2) is 29.3 Å². The summed E-state index contributed by atoms with van der Waals surface area (Å²) in [7, 11) is 0. The van der Waals surface area contributed by atoms with Gasteiger partial charge in [0.15, 0.2) is 12.6 Å². The van der Waals surface area contributed by atoms with Crippen molar-refractivity contribution in [3.63, 3.8) is 0 Å². The zero-order valence-electron chi connectivity index (χ0n) is 17.1. The minimum Gasteiger partial charge on any atom is -0.482 e. The van der Waals surface area contributed by atoms with Gasteiger partial charge in [-0.3, -0.25) is 14.6 Å². The van der Waals surface area contributed by atoms with Gasteiger partial charge in [-0.05, 0) is 44.2 Å². The highest BCUT2D eigenvalue weighted by atomic mass is 16.5. The first-order valence-corrected chi connectivity index (χ1v) is 10.4. The number of rotatable bonds is 7.